The average molecular weight is 554 g/mol. The minimum Gasteiger partial charge on any atom is -0.497 e. The van der Waals surface area contributed by atoms with Gasteiger partial charge in [0.2, 0.25) is 5.91 Å². The van der Waals surface area contributed by atoms with Crippen LogP contribution in [-0.2, 0) is 14.3 Å². The van der Waals surface area contributed by atoms with Crippen LogP contribution in [-0.4, -0.2) is 47.6 Å². The van der Waals surface area contributed by atoms with E-state index in [1.165, 1.54) is 0 Å². The molecule has 2 rings (SSSR count). The van der Waals surface area contributed by atoms with Crippen LogP contribution in [0.1, 0.15) is 84.0 Å². The van der Waals surface area contributed by atoms with Gasteiger partial charge in [-0.25, -0.2) is 4.79 Å². The minimum absolute atomic E-state index is 0.198. The summed E-state index contributed by atoms with van der Waals surface area (Å²) in [5, 5.41) is 5.82. The molecule has 0 radical (unpaired) electrons. The topological polar surface area (TPSA) is 97.0 Å². The lowest BCUT2D eigenvalue weighted by atomic mass is 9.92. The van der Waals surface area contributed by atoms with E-state index in [9.17, 15) is 14.4 Å². The highest BCUT2D eigenvalue weighted by Gasteiger charge is 2.40. The highest BCUT2D eigenvalue weighted by atomic mass is 16.6. The maximum Gasteiger partial charge on any atom is 0.408 e. The normalized spacial score (nSPS) is 14.3. The fraction of sp³-hybridized carbons (Fsp3) is 0.531. The lowest BCUT2D eigenvalue weighted by Gasteiger charge is -2.40. The number of anilines is 1. The lowest BCUT2D eigenvalue weighted by molar-refractivity contribution is -0.144. The van der Waals surface area contributed by atoms with E-state index in [0.29, 0.717) is 24.3 Å². The Labute approximate surface area is 239 Å². The Hall–Kier alpha value is -3.55. The molecule has 0 aromatic heterocycles. The van der Waals surface area contributed by atoms with Gasteiger partial charge >= 0.3 is 6.09 Å². The molecule has 220 valence electrons. The van der Waals surface area contributed by atoms with Crippen molar-refractivity contribution in [3.05, 3.63) is 59.2 Å². The Morgan fingerprint density at radius 2 is 1.57 bits per heavy atom. The van der Waals surface area contributed by atoms with Crippen LogP contribution < -0.4 is 15.4 Å². The molecule has 0 fully saturated rings. The van der Waals surface area contributed by atoms with E-state index >= 15 is 0 Å². The molecule has 0 saturated carbocycles. The number of hydrogen-bond acceptors (Lipinski definition) is 5. The molecule has 2 aromatic carbocycles. The van der Waals surface area contributed by atoms with Gasteiger partial charge in [-0.05, 0) is 89.3 Å². The Morgan fingerprint density at radius 1 is 0.950 bits per heavy atom. The number of nitrogens with zero attached hydrogens (tertiary/aromatic N) is 1. The number of methoxy groups -OCH3 is 1. The summed E-state index contributed by atoms with van der Waals surface area (Å²) in [5.41, 5.74) is 2.55. The smallest absolute Gasteiger partial charge is 0.408 e. The third-order valence-electron chi connectivity index (χ3n) is 7.08. The van der Waals surface area contributed by atoms with Crippen LogP contribution in [0.2, 0.25) is 0 Å². The fourth-order valence-corrected chi connectivity index (χ4v) is 4.51. The first-order valence-electron chi connectivity index (χ1n) is 14.1. The third-order valence-corrected chi connectivity index (χ3v) is 7.08. The van der Waals surface area contributed by atoms with Crippen LogP contribution in [0.15, 0.2) is 42.5 Å². The van der Waals surface area contributed by atoms with Crippen molar-refractivity contribution in [1.29, 1.82) is 0 Å². The number of rotatable bonds is 11. The third kappa shape index (κ3) is 8.73. The molecular weight excluding hydrogens is 506 g/mol. The van der Waals surface area contributed by atoms with E-state index in [0.717, 1.165) is 16.7 Å². The van der Waals surface area contributed by atoms with Gasteiger partial charge in [-0.15, -0.1) is 0 Å². The van der Waals surface area contributed by atoms with Gasteiger partial charge in [-0.2, -0.15) is 0 Å². The van der Waals surface area contributed by atoms with Gasteiger partial charge in [0.15, 0.2) is 0 Å². The summed E-state index contributed by atoms with van der Waals surface area (Å²) in [7, 11) is 1.58. The van der Waals surface area contributed by atoms with Crippen molar-refractivity contribution >= 4 is 23.6 Å². The van der Waals surface area contributed by atoms with E-state index in [-0.39, 0.29) is 23.8 Å². The highest BCUT2D eigenvalue weighted by molar-refractivity contribution is 5.99. The summed E-state index contributed by atoms with van der Waals surface area (Å²) >= 11 is 0. The predicted octanol–water partition coefficient (Wildman–Crippen LogP) is 6.56. The van der Waals surface area contributed by atoms with Crippen molar-refractivity contribution < 1.29 is 23.9 Å². The van der Waals surface area contributed by atoms with Crippen LogP contribution in [0.25, 0.3) is 0 Å². The molecule has 0 saturated heterocycles. The van der Waals surface area contributed by atoms with Crippen molar-refractivity contribution in [3.8, 4) is 5.75 Å². The number of ether oxygens (including phenoxy) is 2. The standard InChI is InChI=1S/C32H47N3O5/c1-11-21(4)27(34-31(38)40-32(7,8)9)30(37)35(23(6)12-2)28(26-18-13-20(3)19-22(26)5)29(36)33-24-14-16-25(39-10)17-15-24/h13-19,21,23,27-28H,11-12H2,1-10H3,(H,33,36)(H,34,38). The summed E-state index contributed by atoms with van der Waals surface area (Å²) in [6.07, 6.45) is 0.594. The molecule has 8 nitrogen and oxygen atoms in total. The molecule has 0 heterocycles. The van der Waals surface area contributed by atoms with Gasteiger partial charge < -0.3 is 25.0 Å². The molecule has 0 aliphatic rings. The van der Waals surface area contributed by atoms with Crippen molar-refractivity contribution in [1.82, 2.24) is 10.2 Å². The molecule has 0 spiro atoms. The zero-order chi connectivity index (χ0) is 30.2. The predicted molar refractivity (Wildman–Crippen MR) is 159 cm³/mol. The molecule has 8 heteroatoms. The Balaban J connectivity index is 2.62. The minimum atomic E-state index is -0.933. The largest absolute Gasteiger partial charge is 0.497 e. The maximum atomic E-state index is 14.4. The molecule has 0 aliphatic heterocycles. The molecule has 2 N–H and O–H groups in total. The van der Waals surface area contributed by atoms with Gasteiger partial charge in [0.25, 0.3) is 5.91 Å². The van der Waals surface area contributed by atoms with E-state index < -0.39 is 23.8 Å². The van der Waals surface area contributed by atoms with Gasteiger partial charge in [-0.3, -0.25) is 9.59 Å². The number of amides is 3. The summed E-state index contributed by atoms with van der Waals surface area (Å²) in [6, 6.07) is 10.8. The van der Waals surface area contributed by atoms with Crippen LogP contribution in [0.5, 0.6) is 5.75 Å². The molecule has 0 aliphatic carbocycles. The number of hydrogen-bond donors (Lipinski definition) is 2. The molecular formula is C32H47N3O5. The molecule has 0 bridgehead atoms. The Kier molecular flexibility index (Phi) is 11.6. The summed E-state index contributed by atoms with van der Waals surface area (Å²) < 4.78 is 10.7. The van der Waals surface area contributed by atoms with Crippen molar-refractivity contribution in [2.45, 2.75) is 98.9 Å². The summed E-state index contributed by atoms with van der Waals surface area (Å²) in [4.78, 5) is 43.0. The van der Waals surface area contributed by atoms with Crippen LogP contribution in [0.4, 0.5) is 10.5 Å². The van der Waals surface area contributed by atoms with Crippen molar-refractivity contribution in [2.24, 2.45) is 5.92 Å². The first kappa shape index (κ1) is 32.7. The van der Waals surface area contributed by atoms with E-state index in [1.54, 1.807) is 57.0 Å². The first-order chi connectivity index (χ1) is 18.7. The van der Waals surface area contributed by atoms with Gasteiger partial charge in [-0.1, -0.05) is 51.0 Å². The van der Waals surface area contributed by atoms with Crippen LogP contribution in [0.3, 0.4) is 0 Å². The van der Waals surface area contributed by atoms with Gasteiger partial charge in [0.05, 0.1) is 7.11 Å². The second kappa shape index (κ2) is 14.2. The van der Waals surface area contributed by atoms with Gasteiger partial charge in [0, 0.05) is 11.7 Å². The number of carbonyl (C=O) groups is 3. The zero-order valence-electron chi connectivity index (χ0n) is 25.8. The first-order valence-corrected chi connectivity index (χ1v) is 14.1. The maximum absolute atomic E-state index is 14.4. The number of benzene rings is 2. The molecule has 4 unspecified atom stereocenters. The SMILES string of the molecule is CCC(C)C(NC(=O)OC(C)(C)C)C(=O)N(C(C)CC)C(C(=O)Nc1ccc(OC)cc1)c1ccc(C)cc1C. The zero-order valence-corrected chi connectivity index (χ0v) is 25.8. The van der Waals surface area contributed by atoms with E-state index in [2.05, 4.69) is 10.6 Å². The van der Waals surface area contributed by atoms with Crippen molar-refractivity contribution in [3.63, 3.8) is 0 Å². The lowest BCUT2D eigenvalue weighted by Crippen LogP contribution is -2.57. The highest BCUT2D eigenvalue weighted by Crippen LogP contribution is 2.31. The quantitative estimate of drug-likeness (QED) is 0.329. The number of nitrogens with one attached hydrogen (secondary N) is 2. The molecule has 4 atom stereocenters. The number of aryl methyl sites for hydroxylation is 2. The number of alkyl carbamates (subject to hydrolysis) is 1. The Morgan fingerprint density at radius 3 is 2.08 bits per heavy atom. The summed E-state index contributed by atoms with van der Waals surface area (Å²) in [5.74, 6) is -0.198. The van der Waals surface area contributed by atoms with E-state index in [4.69, 9.17) is 9.47 Å². The second-order valence-electron chi connectivity index (χ2n) is 11.5. The van der Waals surface area contributed by atoms with Crippen molar-refractivity contribution in [2.75, 3.05) is 12.4 Å². The van der Waals surface area contributed by atoms with Gasteiger partial charge in [0.1, 0.15) is 23.4 Å². The van der Waals surface area contributed by atoms with E-state index in [1.807, 2.05) is 59.7 Å². The Bertz CT molecular complexity index is 1160. The molecule has 2 aromatic rings. The average Bonchev–Trinajstić information content (AvgIpc) is 2.89. The second-order valence-corrected chi connectivity index (χ2v) is 11.5. The molecule has 40 heavy (non-hydrogen) atoms. The number of carbonyl (C=O) groups excluding carboxylic acids is 3. The van der Waals surface area contributed by atoms with Crippen LogP contribution >= 0.6 is 0 Å². The van der Waals surface area contributed by atoms with Crippen LogP contribution in [0, 0.1) is 19.8 Å². The summed E-state index contributed by atoms with van der Waals surface area (Å²) in [6.45, 7) is 17.0. The monoisotopic (exact) mass is 553 g/mol. The molecule has 3 amide bonds. The fourth-order valence-electron chi connectivity index (χ4n) is 4.51.